The van der Waals surface area contributed by atoms with Crippen LogP contribution in [-0.4, -0.2) is 23.4 Å². The smallest absolute Gasteiger partial charge is 0.255 e. The Labute approximate surface area is 159 Å². The molecule has 0 unspecified atom stereocenters. The third-order valence-electron chi connectivity index (χ3n) is 4.51. The van der Waals surface area contributed by atoms with Crippen LogP contribution in [0.25, 0.3) is 5.69 Å². The van der Waals surface area contributed by atoms with Gasteiger partial charge in [-0.2, -0.15) is 0 Å². The minimum Gasteiger partial charge on any atom is -0.359 e. The summed E-state index contributed by atoms with van der Waals surface area (Å²) in [4.78, 5) is 23.9. The fraction of sp³-hybridized carbons (Fsp3) is 0.182. The fourth-order valence-electron chi connectivity index (χ4n) is 3.02. The number of anilines is 1. The molecular formula is C22H23N3O2. The molecule has 2 amide bonds. The maximum atomic E-state index is 12.5. The lowest BCUT2D eigenvalue weighted by atomic mass is 10.1. The quantitative estimate of drug-likeness (QED) is 0.729. The number of hydrogen-bond donors (Lipinski definition) is 2. The van der Waals surface area contributed by atoms with Crippen LogP contribution in [0, 0.1) is 13.8 Å². The molecule has 5 heteroatoms. The number of aromatic nitrogens is 1. The van der Waals surface area contributed by atoms with Crippen molar-refractivity contribution in [1.82, 2.24) is 9.88 Å². The summed E-state index contributed by atoms with van der Waals surface area (Å²) in [6, 6.07) is 19.0. The second kappa shape index (κ2) is 7.91. The van der Waals surface area contributed by atoms with Gasteiger partial charge >= 0.3 is 0 Å². The van der Waals surface area contributed by atoms with Crippen LogP contribution in [0.4, 0.5) is 5.69 Å². The first-order chi connectivity index (χ1) is 13.0. The summed E-state index contributed by atoms with van der Waals surface area (Å²) in [7, 11) is 1.61. The molecule has 27 heavy (non-hydrogen) atoms. The van der Waals surface area contributed by atoms with E-state index in [1.54, 1.807) is 19.2 Å². The number of benzene rings is 2. The maximum absolute atomic E-state index is 12.5. The molecule has 3 rings (SSSR count). The van der Waals surface area contributed by atoms with Crippen LogP contribution in [0.3, 0.4) is 0 Å². The summed E-state index contributed by atoms with van der Waals surface area (Å²) < 4.78 is 2.15. The largest absolute Gasteiger partial charge is 0.359 e. The van der Waals surface area contributed by atoms with Gasteiger partial charge in [0, 0.05) is 35.4 Å². The lowest BCUT2D eigenvalue weighted by Gasteiger charge is -2.11. The monoisotopic (exact) mass is 361 g/mol. The zero-order valence-electron chi connectivity index (χ0n) is 15.7. The van der Waals surface area contributed by atoms with E-state index in [0.29, 0.717) is 17.7 Å². The molecule has 1 aromatic heterocycles. The number of rotatable bonds is 5. The lowest BCUT2D eigenvalue weighted by Crippen LogP contribution is -2.19. The van der Waals surface area contributed by atoms with Crippen LogP contribution in [0.5, 0.6) is 0 Å². The molecule has 138 valence electrons. The van der Waals surface area contributed by atoms with E-state index in [0.717, 1.165) is 22.6 Å². The van der Waals surface area contributed by atoms with Gasteiger partial charge in [-0.1, -0.05) is 12.1 Å². The van der Waals surface area contributed by atoms with E-state index in [-0.39, 0.29) is 11.8 Å². The number of carbonyl (C=O) groups is 2. The van der Waals surface area contributed by atoms with Crippen molar-refractivity contribution in [2.45, 2.75) is 20.3 Å². The summed E-state index contributed by atoms with van der Waals surface area (Å²) in [5.74, 6) is -0.207. The van der Waals surface area contributed by atoms with Gasteiger partial charge in [-0.05, 0) is 67.9 Å². The van der Waals surface area contributed by atoms with Crippen molar-refractivity contribution in [3.63, 3.8) is 0 Å². The molecular weight excluding hydrogens is 338 g/mol. The normalized spacial score (nSPS) is 10.5. The molecule has 0 aliphatic carbocycles. The Morgan fingerprint density at radius 2 is 1.44 bits per heavy atom. The van der Waals surface area contributed by atoms with Crippen molar-refractivity contribution in [3.8, 4) is 5.69 Å². The van der Waals surface area contributed by atoms with Gasteiger partial charge in [-0.25, -0.2) is 0 Å². The van der Waals surface area contributed by atoms with Gasteiger partial charge in [0.15, 0.2) is 0 Å². The third-order valence-corrected chi connectivity index (χ3v) is 4.51. The van der Waals surface area contributed by atoms with Crippen LogP contribution in [0.1, 0.15) is 27.3 Å². The lowest BCUT2D eigenvalue weighted by molar-refractivity contribution is -0.119. The number of likely N-dealkylation sites (N-methyl/N-ethyl adjacent to an activating group) is 1. The topological polar surface area (TPSA) is 63.1 Å². The van der Waals surface area contributed by atoms with Gasteiger partial charge in [0.1, 0.15) is 0 Å². The second-order valence-electron chi connectivity index (χ2n) is 6.50. The van der Waals surface area contributed by atoms with Gasteiger partial charge in [0.05, 0.1) is 6.42 Å². The van der Waals surface area contributed by atoms with E-state index in [1.165, 1.54) is 0 Å². The first-order valence-electron chi connectivity index (χ1n) is 8.84. The summed E-state index contributed by atoms with van der Waals surface area (Å²) >= 11 is 0. The average Bonchev–Trinajstić information content (AvgIpc) is 3.01. The van der Waals surface area contributed by atoms with Crippen LogP contribution in [-0.2, 0) is 11.2 Å². The first-order valence-corrected chi connectivity index (χ1v) is 8.84. The van der Waals surface area contributed by atoms with Gasteiger partial charge in [-0.15, -0.1) is 0 Å². The standard InChI is InChI=1S/C22H23N3O2/c1-15-4-5-16(2)25(15)20-12-8-18(9-13-20)22(27)24-19-10-6-17(7-11-19)14-21(26)23-3/h4-13H,14H2,1-3H3,(H,23,26)(H,24,27). The van der Waals surface area contributed by atoms with Crippen molar-refractivity contribution >= 4 is 17.5 Å². The highest BCUT2D eigenvalue weighted by atomic mass is 16.2. The van der Waals surface area contributed by atoms with Crippen LogP contribution in [0.15, 0.2) is 60.7 Å². The second-order valence-corrected chi connectivity index (χ2v) is 6.50. The Hall–Kier alpha value is -3.34. The van der Waals surface area contributed by atoms with Crippen molar-refractivity contribution in [3.05, 3.63) is 83.2 Å². The molecule has 1 heterocycles. The number of carbonyl (C=O) groups excluding carboxylic acids is 2. The van der Waals surface area contributed by atoms with E-state index in [2.05, 4.69) is 41.2 Å². The maximum Gasteiger partial charge on any atom is 0.255 e. The molecule has 3 aromatic rings. The van der Waals surface area contributed by atoms with Crippen molar-refractivity contribution in [2.24, 2.45) is 0 Å². The molecule has 0 bridgehead atoms. The van der Waals surface area contributed by atoms with E-state index < -0.39 is 0 Å². The molecule has 5 nitrogen and oxygen atoms in total. The van der Waals surface area contributed by atoms with Gasteiger partial charge < -0.3 is 15.2 Å². The van der Waals surface area contributed by atoms with Crippen molar-refractivity contribution < 1.29 is 9.59 Å². The molecule has 0 saturated heterocycles. The summed E-state index contributed by atoms with van der Waals surface area (Å²) in [6.07, 6.45) is 0.324. The first kappa shape index (κ1) is 18.5. The highest BCUT2D eigenvalue weighted by molar-refractivity contribution is 6.04. The third kappa shape index (κ3) is 4.26. The summed E-state index contributed by atoms with van der Waals surface area (Å²) in [6.45, 7) is 4.11. The molecule has 0 atom stereocenters. The van der Waals surface area contributed by atoms with E-state index >= 15 is 0 Å². The average molecular weight is 361 g/mol. The predicted molar refractivity (Wildman–Crippen MR) is 107 cm³/mol. The van der Waals surface area contributed by atoms with E-state index in [9.17, 15) is 9.59 Å². The minimum absolute atomic E-state index is 0.0416. The van der Waals surface area contributed by atoms with Crippen LogP contribution in [0.2, 0.25) is 0 Å². The van der Waals surface area contributed by atoms with Gasteiger partial charge in [0.2, 0.25) is 5.91 Å². The Morgan fingerprint density at radius 3 is 2.00 bits per heavy atom. The number of nitrogens with zero attached hydrogens (tertiary/aromatic N) is 1. The highest BCUT2D eigenvalue weighted by Gasteiger charge is 2.09. The number of nitrogens with one attached hydrogen (secondary N) is 2. The highest BCUT2D eigenvalue weighted by Crippen LogP contribution is 2.18. The molecule has 2 aromatic carbocycles. The van der Waals surface area contributed by atoms with Gasteiger partial charge in [0.25, 0.3) is 5.91 Å². The molecule has 2 N–H and O–H groups in total. The molecule has 0 saturated carbocycles. The molecule has 0 radical (unpaired) electrons. The summed E-state index contributed by atoms with van der Waals surface area (Å²) in [5.41, 5.74) is 5.53. The van der Waals surface area contributed by atoms with Gasteiger partial charge in [-0.3, -0.25) is 9.59 Å². The molecule has 0 fully saturated rings. The Bertz CT molecular complexity index is 935. The Kier molecular flexibility index (Phi) is 5.41. The van der Waals surface area contributed by atoms with E-state index in [4.69, 9.17) is 0 Å². The van der Waals surface area contributed by atoms with Crippen LogP contribution >= 0.6 is 0 Å². The summed E-state index contributed by atoms with van der Waals surface area (Å²) in [5, 5.41) is 5.48. The number of aryl methyl sites for hydroxylation is 2. The number of hydrogen-bond acceptors (Lipinski definition) is 2. The number of amides is 2. The Morgan fingerprint density at radius 1 is 0.852 bits per heavy atom. The fourth-order valence-corrected chi connectivity index (χ4v) is 3.02. The molecule has 0 aliphatic rings. The zero-order chi connectivity index (χ0) is 19.4. The minimum atomic E-state index is -0.165. The Balaban J connectivity index is 1.68. The van der Waals surface area contributed by atoms with E-state index in [1.807, 2.05) is 36.4 Å². The van der Waals surface area contributed by atoms with Crippen molar-refractivity contribution in [1.29, 1.82) is 0 Å². The predicted octanol–water partition coefficient (Wildman–Crippen LogP) is 3.63. The zero-order valence-corrected chi connectivity index (χ0v) is 15.7. The van der Waals surface area contributed by atoms with Crippen molar-refractivity contribution in [2.75, 3.05) is 12.4 Å². The van der Waals surface area contributed by atoms with Crippen LogP contribution < -0.4 is 10.6 Å². The molecule has 0 aliphatic heterocycles. The molecule has 0 spiro atoms. The SMILES string of the molecule is CNC(=O)Cc1ccc(NC(=O)c2ccc(-n3c(C)ccc3C)cc2)cc1.